The Labute approximate surface area is 117 Å². The van der Waals surface area contributed by atoms with Crippen LogP contribution < -0.4 is 5.73 Å². The molecule has 1 unspecified atom stereocenters. The Balaban J connectivity index is 2.30. The molecule has 5 heteroatoms. The fraction of sp³-hybridized carbons (Fsp3) is 0.600. The molecule has 1 aromatic rings. The maximum Gasteiger partial charge on any atom is 0.194 e. The topological polar surface area (TPSA) is 29.3 Å². The van der Waals surface area contributed by atoms with Gasteiger partial charge in [0, 0.05) is 18.6 Å². The predicted molar refractivity (Wildman–Crippen MR) is 72.7 cm³/mol. The van der Waals surface area contributed by atoms with Crippen molar-refractivity contribution in [3.05, 3.63) is 35.1 Å². The second-order valence-corrected chi connectivity index (χ2v) is 5.32. The molecule has 0 spiro atoms. The maximum absolute atomic E-state index is 13.4. The molecule has 2 N–H and O–H groups in total. The van der Waals surface area contributed by atoms with E-state index in [9.17, 15) is 13.2 Å². The molecule has 0 amide bonds. The van der Waals surface area contributed by atoms with Gasteiger partial charge in [0.2, 0.25) is 0 Å². The third kappa shape index (κ3) is 2.99. The molecule has 0 saturated heterocycles. The molecule has 20 heavy (non-hydrogen) atoms. The summed E-state index contributed by atoms with van der Waals surface area (Å²) in [4.78, 5) is 2.18. The number of halogens is 3. The number of rotatable bonds is 5. The van der Waals surface area contributed by atoms with Crippen LogP contribution in [0.15, 0.2) is 12.1 Å². The first-order chi connectivity index (χ1) is 9.58. The van der Waals surface area contributed by atoms with Gasteiger partial charge in [-0.15, -0.1) is 0 Å². The van der Waals surface area contributed by atoms with Gasteiger partial charge in [0.05, 0.1) is 0 Å². The SMILES string of the molecule is CCN(C1CCCC1)C(CN)c1cc(F)c(F)c(F)c1. The quantitative estimate of drug-likeness (QED) is 0.841. The van der Waals surface area contributed by atoms with E-state index in [-0.39, 0.29) is 12.6 Å². The van der Waals surface area contributed by atoms with E-state index >= 15 is 0 Å². The molecular formula is C15H21F3N2. The van der Waals surface area contributed by atoms with Gasteiger partial charge in [-0.2, -0.15) is 0 Å². The Hall–Kier alpha value is -1.07. The van der Waals surface area contributed by atoms with Crippen molar-refractivity contribution in [2.75, 3.05) is 13.1 Å². The molecule has 0 aromatic heterocycles. The van der Waals surface area contributed by atoms with Gasteiger partial charge in [-0.25, -0.2) is 13.2 Å². The van der Waals surface area contributed by atoms with E-state index < -0.39 is 17.5 Å². The summed E-state index contributed by atoms with van der Waals surface area (Å²) in [7, 11) is 0. The molecule has 112 valence electrons. The van der Waals surface area contributed by atoms with Crippen molar-refractivity contribution < 1.29 is 13.2 Å². The van der Waals surface area contributed by atoms with Crippen molar-refractivity contribution in [1.29, 1.82) is 0 Å². The third-order valence-corrected chi connectivity index (χ3v) is 4.17. The smallest absolute Gasteiger partial charge is 0.194 e. The number of benzene rings is 1. The van der Waals surface area contributed by atoms with Crippen LogP contribution >= 0.6 is 0 Å². The summed E-state index contributed by atoms with van der Waals surface area (Å²) in [6.07, 6.45) is 4.50. The van der Waals surface area contributed by atoms with Gasteiger partial charge in [-0.3, -0.25) is 4.90 Å². The van der Waals surface area contributed by atoms with Gasteiger partial charge >= 0.3 is 0 Å². The molecule has 1 aromatic carbocycles. The molecule has 2 nitrogen and oxygen atoms in total. The Bertz CT molecular complexity index is 435. The van der Waals surface area contributed by atoms with Crippen molar-refractivity contribution in [3.63, 3.8) is 0 Å². The lowest BCUT2D eigenvalue weighted by Gasteiger charge is -2.35. The largest absolute Gasteiger partial charge is 0.329 e. The van der Waals surface area contributed by atoms with E-state index in [1.165, 1.54) is 12.8 Å². The summed E-state index contributed by atoms with van der Waals surface area (Å²) in [6.45, 7) is 3.03. The molecule has 1 fully saturated rings. The Morgan fingerprint density at radius 2 is 1.75 bits per heavy atom. The van der Waals surface area contributed by atoms with E-state index in [4.69, 9.17) is 5.73 Å². The van der Waals surface area contributed by atoms with Crippen LogP contribution in [0.4, 0.5) is 13.2 Å². The Kier molecular flexibility index (Phi) is 5.05. The fourth-order valence-electron chi connectivity index (χ4n) is 3.20. The summed E-state index contributed by atoms with van der Waals surface area (Å²) < 4.78 is 39.9. The highest BCUT2D eigenvalue weighted by Crippen LogP contribution is 2.31. The van der Waals surface area contributed by atoms with E-state index in [0.717, 1.165) is 31.5 Å². The van der Waals surface area contributed by atoms with Gasteiger partial charge in [-0.05, 0) is 37.1 Å². The zero-order valence-corrected chi connectivity index (χ0v) is 11.7. The summed E-state index contributed by atoms with van der Waals surface area (Å²) in [5.74, 6) is -3.73. The minimum atomic E-state index is -1.42. The molecule has 0 aliphatic heterocycles. The average Bonchev–Trinajstić information content (AvgIpc) is 2.95. The Morgan fingerprint density at radius 1 is 1.20 bits per heavy atom. The second-order valence-electron chi connectivity index (χ2n) is 5.32. The van der Waals surface area contributed by atoms with Crippen LogP contribution in [0.1, 0.15) is 44.2 Å². The molecule has 1 saturated carbocycles. The number of hydrogen-bond acceptors (Lipinski definition) is 2. The molecule has 1 aliphatic carbocycles. The summed E-state index contributed by atoms with van der Waals surface area (Å²) in [5, 5.41) is 0. The van der Waals surface area contributed by atoms with Crippen LogP contribution in [0.3, 0.4) is 0 Å². The number of nitrogens with zero attached hydrogens (tertiary/aromatic N) is 1. The third-order valence-electron chi connectivity index (χ3n) is 4.17. The number of hydrogen-bond donors (Lipinski definition) is 1. The van der Waals surface area contributed by atoms with Crippen LogP contribution in [-0.2, 0) is 0 Å². The highest BCUT2D eigenvalue weighted by Gasteiger charge is 2.28. The first-order valence-electron chi connectivity index (χ1n) is 7.18. The Morgan fingerprint density at radius 3 is 2.20 bits per heavy atom. The lowest BCUT2D eigenvalue weighted by molar-refractivity contribution is 0.146. The molecule has 0 bridgehead atoms. The van der Waals surface area contributed by atoms with Crippen LogP contribution in [0.5, 0.6) is 0 Å². The van der Waals surface area contributed by atoms with Gasteiger partial charge in [0.1, 0.15) is 0 Å². The standard InChI is InChI=1S/C15H21F3N2/c1-2-20(11-5-3-4-6-11)14(9-19)10-7-12(16)15(18)13(17)8-10/h7-8,11,14H,2-6,9,19H2,1H3. The summed E-state index contributed by atoms with van der Waals surface area (Å²) >= 11 is 0. The second kappa shape index (κ2) is 6.59. The van der Waals surface area contributed by atoms with Gasteiger partial charge in [0.25, 0.3) is 0 Å². The zero-order valence-electron chi connectivity index (χ0n) is 11.7. The predicted octanol–water partition coefficient (Wildman–Crippen LogP) is 3.37. The van der Waals surface area contributed by atoms with E-state index in [1.54, 1.807) is 0 Å². The minimum absolute atomic E-state index is 0.259. The van der Waals surface area contributed by atoms with Crippen molar-refractivity contribution in [2.24, 2.45) is 5.73 Å². The lowest BCUT2D eigenvalue weighted by Crippen LogP contribution is -2.40. The molecule has 1 atom stereocenters. The van der Waals surface area contributed by atoms with Gasteiger partial charge < -0.3 is 5.73 Å². The molecule has 1 aliphatic rings. The lowest BCUT2D eigenvalue weighted by atomic mass is 10.0. The monoisotopic (exact) mass is 286 g/mol. The van der Waals surface area contributed by atoms with Crippen molar-refractivity contribution in [2.45, 2.75) is 44.7 Å². The molecule has 0 heterocycles. The van der Waals surface area contributed by atoms with Crippen LogP contribution in [-0.4, -0.2) is 24.0 Å². The van der Waals surface area contributed by atoms with Crippen LogP contribution in [0, 0.1) is 17.5 Å². The van der Waals surface area contributed by atoms with E-state index in [2.05, 4.69) is 4.90 Å². The number of nitrogens with two attached hydrogens (primary N) is 1. The first-order valence-corrected chi connectivity index (χ1v) is 7.18. The average molecular weight is 286 g/mol. The van der Waals surface area contributed by atoms with Crippen molar-refractivity contribution in [1.82, 2.24) is 4.90 Å². The fourth-order valence-corrected chi connectivity index (χ4v) is 3.20. The van der Waals surface area contributed by atoms with Crippen molar-refractivity contribution in [3.8, 4) is 0 Å². The summed E-state index contributed by atoms with van der Waals surface area (Å²) in [5.41, 5.74) is 6.22. The molecular weight excluding hydrogens is 265 g/mol. The molecule has 0 radical (unpaired) electrons. The zero-order chi connectivity index (χ0) is 14.7. The number of likely N-dealkylation sites (N-methyl/N-ethyl adjacent to an activating group) is 1. The maximum atomic E-state index is 13.4. The highest BCUT2D eigenvalue weighted by atomic mass is 19.2. The van der Waals surface area contributed by atoms with Gasteiger partial charge in [0.15, 0.2) is 17.5 Å². The first kappa shape index (κ1) is 15.3. The minimum Gasteiger partial charge on any atom is -0.329 e. The van der Waals surface area contributed by atoms with Crippen molar-refractivity contribution >= 4 is 0 Å². The summed E-state index contributed by atoms with van der Waals surface area (Å²) in [6, 6.07) is 2.25. The molecule has 2 rings (SSSR count). The van der Waals surface area contributed by atoms with E-state index in [1.807, 2.05) is 6.92 Å². The van der Waals surface area contributed by atoms with E-state index in [0.29, 0.717) is 11.6 Å². The van der Waals surface area contributed by atoms with Crippen LogP contribution in [0.2, 0.25) is 0 Å². The normalized spacial score (nSPS) is 17.9. The van der Waals surface area contributed by atoms with Crippen LogP contribution in [0.25, 0.3) is 0 Å². The highest BCUT2D eigenvalue weighted by molar-refractivity contribution is 5.23. The van der Waals surface area contributed by atoms with Gasteiger partial charge in [-0.1, -0.05) is 19.8 Å².